The molecule has 0 bridgehead atoms. The number of fused-ring (bicyclic) bond motifs is 1. The number of nitrogens with zero attached hydrogens (tertiary/aromatic N) is 1. The van der Waals surface area contributed by atoms with Crippen LogP contribution in [0.25, 0.3) is 10.8 Å². The second-order valence-electron chi connectivity index (χ2n) is 7.01. The first-order valence-electron chi connectivity index (χ1n) is 9.65. The fourth-order valence-electron chi connectivity index (χ4n) is 3.39. The van der Waals surface area contributed by atoms with Gasteiger partial charge in [-0.1, -0.05) is 67.6 Å². The summed E-state index contributed by atoms with van der Waals surface area (Å²) in [6.45, 7) is 3.88. The molecule has 1 aliphatic rings. The first-order chi connectivity index (χ1) is 13.7. The van der Waals surface area contributed by atoms with E-state index in [4.69, 9.17) is 9.47 Å². The molecule has 0 amide bonds. The first kappa shape index (κ1) is 18.2. The molecule has 1 aliphatic heterocycles. The summed E-state index contributed by atoms with van der Waals surface area (Å²) in [5.41, 5.74) is 1.80. The summed E-state index contributed by atoms with van der Waals surface area (Å²) in [5.74, 6) is 0.128. The van der Waals surface area contributed by atoms with Crippen molar-refractivity contribution >= 4 is 22.6 Å². The van der Waals surface area contributed by atoms with E-state index in [9.17, 15) is 4.79 Å². The van der Waals surface area contributed by atoms with E-state index in [1.165, 1.54) is 0 Å². The van der Waals surface area contributed by atoms with Gasteiger partial charge in [-0.15, -0.1) is 0 Å². The van der Waals surface area contributed by atoms with Gasteiger partial charge in [-0.3, -0.25) is 0 Å². The van der Waals surface area contributed by atoms with Crippen LogP contribution in [-0.2, 0) is 14.3 Å². The Labute approximate surface area is 164 Å². The molecule has 3 aromatic rings. The van der Waals surface area contributed by atoms with Crippen molar-refractivity contribution < 1.29 is 14.3 Å². The lowest BCUT2D eigenvalue weighted by Gasteiger charge is -2.20. The monoisotopic (exact) mass is 373 g/mol. The third-order valence-electron chi connectivity index (χ3n) is 5.07. The van der Waals surface area contributed by atoms with Crippen LogP contribution in [0.5, 0.6) is 0 Å². The predicted octanol–water partition coefficient (Wildman–Crippen LogP) is 5.07. The van der Waals surface area contributed by atoms with Crippen LogP contribution in [0.15, 0.2) is 77.8 Å². The topological polar surface area (TPSA) is 47.9 Å². The fourth-order valence-corrected chi connectivity index (χ4v) is 3.39. The Hall–Kier alpha value is -3.14. The maximum absolute atomic E-state index is 12.9. The van der Waals surface area contributed by atoms with Crippen LogP contribution in [0.4, 0.5) is 0 Å². The van der Waals surface area contributed by atoms with Gasteiger partial charge in [-0.25, -0.2) is 9.79 Å². The number of benzene rings is 3. The van der Waals surface area contributed by atoms with Crippen molar-refractivity contribution in [2.75, 3.05) is 0 Å². The van der Waals surface area contributed by atoms with Gasteiger partial charge in [0.05, 0.1) is 6.10 Å². The van der Waals surface area contributed by atoms with E-state index < -0.39 is 12.1 Å². The summed E-state index contributed by atoms with van der Waals surface area (Å²) in [7, 11) is 0. The van der Waals surface area contributed by atoms with Gasteiger partial charge in [0.1, 0.15) is 0 Å². The smallest absolute Gasteiger partial charge is 0.335 e. The summed E-state index contributed by atoms with van der Waals surface area (Å²) >= 11 is 0. The lowest BCUT2D eigenvalue weighted by atomic mass is 9.96. The third kappa shape index (κ3) is 3.50. The summed E-state index contributed by atoms with van der Waals surface area (Å²) < 4.78 is 11.8. The van der Waals surface area contributed by atoms with Crippen LogP contribution in [-0.4, -0.2) is 24.0 Å². The molecule has 0 N–H and O–H groups in total. The molecule has 28 heavy (non-hydrogen) atoms. The van der Waals surface area contributed by atoms with Crippen molar-refractivity contribution in [2.45, 2.75) is 38.5 Å². The van der Waals surface area contributed by atoms with E-state index in [-0.39, 0.29) is 12.1 Å². The number of carbonyl (C=O) groups is 1. The van der Waals surface area contributed by atoms with E-state index in [0.717, 1.165) is 28.3 Å². The van der Waals surface area contributed by atoms with Crippen molar-refractivity contribution in [3.8, 4) is 0 Å². The highest BCUT2D eigenvalue weighted by Gasteiger charge is 2.40. The molecule has 0 saturated heterocycles. The summed E-state index contributed by atoms with van der Waals surface area (Å²) in [6.07, 6.45) is 0.0857. The number of hydrogen-bond acceptors (Lipinski definition) is 4. The molecule has 4 heteroatoms. The van der Waals surface area contributed by atoms with Gasteiger partial charge in [0.15, 0.2) is 12.1 Å². The second kappa shape index (κ2) is 7.85. The molecule has 1 heterocycles. The number of carbonyl (C=O) groups excluding carboxylic acids is 1. The Morgan fingerprint density at radius 3 is 2.54 bits per heavy atom. The van der Waals surface area contributed by atoms with Crippen molar-refractivity contribution in [3.05, 3.63) is 83.9 Å². The molecule has 3 atom stereocenters. The van der Waals surface area contributed by atoms with Crippen LogP contribution in [0.3, 0.4) is 0 Å². The number of esters is 1. The van der Waals surface area contributed by atoms with Gasteiger partial charge in [-0.2, -0.15) is 0 Å². The molecular weight excluding hydrogens is 350 g/mol. The van der Waals surface area contributed by atoms with Crippen molar-refractivity contribution in [1.82, 2.24) is 0 Å². The average molecular weight is 373 g/mol. The standard InChI is InChI=1S/C24H23NO3/c1-3-16(2)27-24(26)21-22(28-23(25-21)18-11-5-4-6-12-18)20-15-9-13-17-10-7-8-14-19(17)20/h4-16,21-22H,3H2,1-2H3/t16?,21-,22+/m1/s1. The van der Waals surface area contributed by atoms with Gasteiger partial charge in [0.25, 0.3) is 0 Å². The molecule has 0 saturated carbocycles. The normalized spacial score (nSPS) is 19.7. The maximum Gasteiger partial charge on any atom is 0.335 e. The number of hydrogen-bond donors (Lipinski definition) is 0. The van der Waals surface area contributed by atoms with Gasteiger partial charge in [0.2, 0.25) is 5.90 Å². The zero-order chi connectivity index (χ0) is 19.5. The SMILES string of the molecule is CCC(C)OC(=O)[C@@H]1N=C(c2ccccc2)O[C@H]1c1cccc2ccccc12. The maximum atomic E-state index is 12.9. The zero-order valence-electron chi connectivity index (χ0n) is 16.0. The minimum atomic E-state index is -0.727. The summed E-state index contributed by atoms with van der Waals surface area (Å²) in [4.78, 5) is 17.5. The molecule has 3 aromatic carbocycles. The van der Waals surface area contributed by atoms with Gasteiger partial charge < -0.3 is 9.47 Å². The Kier molecular flexibility index (Phi) is 5.11. The predicted molar refractivity (Wildman–Crippen MR) is 110 cm³/mol. The van der Waals surface area contributed by atoms with Crippen LogP contribution in [0.1, 0.15) is 37.5 Å². The second-order valence-corrected chi connectivity index (χ2v) is 7.01. The molecule has 0 aromatic heterocycles. The molecule has 0 spiro atoms. The van der Waals surface area contributed by atoms with Crippen LogP contribution >= 0.6 is 0 Å². The summed E-state index contributed by atoms with van der Waals surface area (Å²) in [5, 5.41) is 2.16. The first-order valence-corrected chi connectivity index (χ1v) is 9.65. The Balaban J connectivity index is 1.75. The highest BCUT2D eigenvalue weighted by Crippen LogP contribution is 2.36. The minimum Gasteiger partial charge on any atom is -0.466 e. The Bertz CT molecular complexity index is 1010. The van der Waals surface area contributed by atoms with E-state index in [1.807, 2.05) is 74.5 Å². The average Bonchev–Trinajstić information content (AvgIpc) is 3.19. The molecule has 4 rings (SSSR count). The van der Waals surface area contributed by atoms with Gasteiger partial charge in [0, 0.05) is 11.1 Å². The quantitative estimate of drug-likeness (QED) is 0.587. The largest absolute Gasteiger partial charge is 0.466 e. The lowest BCUT2D eigenvalue weighted by Crippen LogP contribution is -2.29. The molecule has 1 unspecified atom stereocenters. The lowest BCUT2D eigenvalue weighted by molar-refractivity contribution is -0.151. The summed E-state index contributed by atoms with van der Waals surface area (Å²) in [6, 6.07) is 23.1. The van der Waals surface area contributed by atoms with Crippen molar-refractivity contribution in [1.29, 1.82) is 0 Å². The van der Waals surface area contributed by atoms with Crippen molar-refractivity contribution in [2.24, 2.45) is 4.99 Å². The highest BCUT2D eigenvalue weighted by molar-refractivity contribution is 5.99. The van der Waals surface area contributed by atoms with Crippen LogP contribution in [0, 0.1) is 0 Å². The van der Waals surface area contributed by atoms with E-state index in [0.29, 0.717) is 5.90 Å². The minimum absolute atomic E-state index is 0.156. The van der Waals surface area contributed by atoms with Gasteiger partial charge >= 0.3 is 5.97 Å². The third-order valence-corrected chi connectivity index (χ3v) is 5.07. The number of aliphatic imine (C=N–C) groups is 1. The van der Waals surface area contributed by atoms with E-state index >= 15 is 0 Å². The molecular formula is C24H23NO3. The molecule has 142 valence electrons. The highest BCUT2D eigenvalue weighted by atomic mass is 16.6. The molecule has 4 nitrogen and oxygen atoms in total. The van der Waals surface area contributed by atoms with E-state index in [1.54, 1.807) is 0 Å². The fraction of sp³-hybridized carbons (Fsp3) is 0.250. The zero-order valence-corrected chi connectivity index (χ0v) is 16.0. The van der Waals surface area contributed by atoms with Crippen LogP contribution in [0.2, 0.25) is 0 Å². The molecule has 0 aliphatic carbocycles. The Morgan fingerprint density at radius 1 is 1.04 bits per heavy atom. The van der Waals surface area contributed by atoms with E-state index in [2.05, 4.69) is 17.1 Å². The number of rotatable bonds is 5. The molecule has 0 radical (unpaired) electrons. The number of ether oxygens (including phenoxy) is 2. The van der Waals surface area contributed by atoms with Crippen molar-refractivity contribution in [3.63, 3.8) is 0 Å². The van der Waals surface area contributed by atoms with Gasteiger partial charge in [-0.05, 0) is 36.2 Å². The Morgan fingerprint density at radius 2 is 1.75 bits per heavy atom. The molecule has 0 fully saturated rings. The van der Waals surface area contributed by atoms with Crippen LogP contribution < -0.4 is 0 Å².